The second-order valence-electron chi connectivity index (χ2n) is 4.29. The van der Waals surface area contributed by atoms with E-state index < -0.39 is 4.92 Å². The van der Waals surface area contributed by atoms with Gasteiger partial charge in [-0.1, -0.05) is 0 Å². The fraction of sp³-hybridized carbons (Fsp3) is 0.250. The van der Waals surface area contributed by atoms with Crippen LogP contribution in [0.3, 0.4) is 0 Å². The number of aromatic nitrogens is 4. The van der Waals surface area contributed by atoms with Crippen LogP contribution >= 0.6 is 11.3 Å². The molecule has 0 aromatic carbocycles. The Kier molecular flexibility index (Phi) is 3.48. The van der Waals surface area contributed by atoms with Gasteiger partial charge in [-0.05, 0) is 23.3 Å². The van der Waals surface area contributed by atoms with Gasteiger partial charge in [-0.25, -0.2) is 9.97 Å². The van der Waals surface area contributed by atoms with Crippen molar-refractivity contribution in [2.45, 2.75) is 13.5 Å². The van der Waals surface area contributed by atoms with Crippen molar-refractivity contribution >= 4 is 33.2 Å². The van der Waals surface area contributed by atoms with Gasteiger partial charge in [0.25, 0.3) is 0 Å². The normalized spacial score (nSPS) is 10.9. The third kappa shape index (κ3) is 2.68. The standard InChI is InChI=1S/C12H12N6O2S/c1-2-13-11-8-4-6-21-12(8)15-9(14-11)7-17-5-3-10(16-17)18(19)20/h3-6H,2,7H2,1H3,(H,13,14,15). The van der Waals surface area contributed by atoms with Gasteiger partial charge in [0.05, 0.1) is 22.7 Å². The summed E-state index contributed by atoms with van der Waals surface area (Å²) in [7, 11) is 0. The van der Waals surface area contributed by atoms with Crippen LogP contribution in [0.2, 0.25) is 0 Å². The van der Waals surface area contributed by atoms with Crippen molar-refractivity contribution in [1.82, 2.24) is 19.7 Å². The maximum Gasteiger partial charge on any atom is 0.389 e. The van der Waals surface area contributed by atoms with Gasteiger partial charge in [-0.2, -0.15) is 4.68 Å². The molecule has 0 unspecified atom stereocenters. The van der Waals surface area contributed by atoms with E-state index in [0.717, 1.165) is 22.6 Å². The van der Waals surface area contributed by atoms with E-state index >= 15 is 0 Å². The number of rotatable bonds is 5. The molecule has 9 heteroatoms. The van der Waals surface area contributed by atoms with Crippen LogP contribution in [0.1, 0.15) is 12.7 Å². The minimum atomic E-state index is -0.524. The molecule has 3 heterocycles. The second kappa shape index (κ2) is 5.44. The topological polar surface area (TPSA) is 98.8 Å². The molecule has 1 N–H and O–H groups in total. The van der Waals surface area contributed by atoms with Gasteiger partial charge in [-0.15, -0.1) is 11.3 Å². The van der Waals surface area contributed by atoms with Crippen LogP contribution in [-0.4, -0.2) is 31.2 Å². The summed E-state index contributed by atoms with van der Waals surface area (Å²) in [4.78, 5) is 19.9. The Balaban J connectivity index is 1.93. The molecule has 0 aliphatic heterocycles. The molecule has 8 nitrogen and oxygen atoms in total. The average molecular weight is 304 g/mol. The molecule has 0 saturated carbocycles. The zero-order valence-electron chi connectivity index (χ0n) is 11.2. The van der Waals surface area contributed by atoms with Crippen molar-refractivity contribution < 1.29 is 4.92 Å². The van der Waals surface area contributed by atoms with Crippen molar-refractivity contribution in [2.24, 2.45) is 0 Å². The molecule has 0 aliphatic rings. The Morgan fingerprint density at radius 3 is 3.00 bits per heavy atom. The third-order valence-electron chi connectivity index (χ3n) is 2.83. The van der Waals surface area contributed by atoms with Gasteiger partial charge in [0.15, 0.2) is 5.82 Å². The lowest BCUT2D eigenvalue weighted by Crippen LogP contribution is -2.08. The minimum absolute atomic E-state index is 0.181. The number of hydrogen-bond acceptors (Lipinski definition) is 7. The first-order chi connectivity index (χ1) is 10.2. The first-order valence-electron chi connectivity index (χ1n) is 6.33. The summed E-state index contributed by atoms with van der Waals surface area (Å²) < 4.78 is 1.46. The molecule has 0 bridgehead atoms. The van der Waals surface area contributed by atoms with E-state index in [-0.39, 0.29) is 5.82 Å². The molecule has 0 fully saturated rings. The van der Waals surface area contributed by atoms with Crippen LogP contribution in [0.25, 0.3) is 10.2 Å². The SMILES string of the molecule is CCNc1nc(Cn2ccc([N+](=O)[O-])n2)nc2sccc12. The molecular formula is C12H12N6O2S. The molecule has 0 amide bonds. The monoisotopic (exact) mass is 304 g/mol. The van der Waals surface area contributed by atoms with E-state index in [1.165, 1.54) is 22.1 Å². The Bertz CT molecular complexity index is 796. The summed E-state index contributed by atoms with van der Waals surface area (Å²) in [5.41, 5.74) is 0. The van der Waals surface area contributed by atoms with Crippen LogP contribution in [-0.2, 0) is 6.54 Å². The predicted molar refractivity (Wildman–Crippen MR) is 79.6 cm³/mol. The minimum Gasteiger partial charge on any atom is -0.370 e. The van der Waals surface area contributed by atoms with Crippen molar-refractivity contribution in [3.8, 4) is 0 Å². The van der Waals surface area contributed by atoms with Gasteiger partial charge >= 0.3 is 5.82 Å². The number of nitrogens with one attached hydrogen (secondary N) is 1. The van der Waals surface area contributed by atoms with E-state index in [4.69, 9.17) is 0 Å². The third-order valence-corrected chi connectivity index (χ3v) is 3.64. The summed E-state index contributed by atoms with van der Waals surface area (Å²) in [5, 5.41) is 20.7. The van der Waals surface area contributed by atoms with Crippen LogP contribution < -0.4 is 5.32 Å². The van der Waals surface area contributed by atoms with E-state index in [1.54, 1.807) is 6.20 Å². The zero-order chi connectivity index (χ0) is 14.8. The Morgan fingerprint density at radius 2 is 2.29 bits per heavy atom. The summed E-state index contributed by atoms with van der Waals surface area (Å²) in [6, 6.07) is 3.33. The van der Waals surface area contributed by atoms with Crippen LogP contribution in [0.5, 0.6) is 0 Å². The van der Waals surface area contributed by atoms with Crippen LogP contribution in [0, 0.1) is 10.1 Å². The van der Waals surface area contributed by atoms with Gasteiger partial charge < -0.3 is 15.4 Å². The molecule has 3 aromatic heterocycles. The van der Waals surface area contributed by atoms with E-state index in [0.29, 0.717) is 12.4 Å². The Morgan fingerprint density at radius 1 is 1.43 bits per heavy atom. The predicted octanol–water partition coefficient (Wildman–Crippen LogP) is 2.28. The summed E-state index contributed by atoms with van der Waals surface area (Å²) in [5.74, 6) is 1.17. The van der Waals surface area contributed by atoms with Crippen molar-refractivity contribution in [2.75, 3.05) is 11.9 Å². The first-order valence-corrected chi connectivity index (χ1v) is 7.21. The molecule has 0 saturated heterocycles. The largest absolute Gasteiger partial charge is 0.389 e. The van der Waals surface area contributed by atoms with Gasteiger partial charge in [0, 0.05) is 6.54 Å². The van der Waals surface area contributed by atoms with Gasteiger partial charge in [0.1, 0.15) is 17.2 Å². The zero-order valence-corrected chi connectivity index (χ0v) is 12.0. The van der Waals surface area contributed by atoms with Crippen molar-refractivity contribution in [1.29, 1.82) is 0 Å². The number of nitrogens with zero attached hydrogens (tertiary/aromatic N) is 5. The van der Waals surface area contributed by atoms with E-state index in [1.807, 2.05) is 18.4 Å². The summed E-state index contributed by atoms with van der Waals surface area (Å²) in [6.45, 7) is 3.05. The lowest BCUT2D eigenvalue weighted by Gasteiger charge is -2.06. The Labute approximate surface area is 123 Å². The number of anilines is 1. The molecule has 0 spiro atoms. The maximum absolute atomic E-state index is 10.6. The molecule has 21 heavy (non-hydrogen) atoms. The Hall–Kier alpha value is -2.55. The highest BCUT2D eigenvalue weighted by Gasteiger charge is 2.14. The number of thiophene rings is 1. The lowest BCUT2D eigenvalue weighted by atomic mass is 10.3. The van der Waals surface area contributed by atoms with Gasteiger partial charge in [0.2, 0.25) is 0 Å². The smallest absolute Gasteiger partial charge is 0.370 e. The van der Waals surface area contributed by atoms with E-state index in [2.05, 4.69) is 20.4 Å². The second-order valence-corrected chi connectivity index (χ2v) is 5.18. The first kappa shape index (κ1) is 13.4. The quantitative estimate of drug-likeness (QED) is 0.573. The fourth-order valence-electron chi connectivity index (χ4n) is 1.95. The number of hydrogen-bond donors (Lipinski definition) is 1. The summed E-state index contributed by atoms with van der Waals surface area (Å²) in [6.07, 6.45) is 1.55. The van der Waals surface area contributed by atoms with Crippen molar-refractivity contribution in [3.63, 3.8) is 0 Å². The number of nitro groups is 1. The highest BCUT2D eigenvalue weighted by atomic mass is 32.1. The molecule has 0 radical (unpaired) electrons. The van der Waals surface area contributed by atoms with Crippen LogP contribution in [0.4, 0.5) is 11.6 Å². The average Bonchev–Trinajstić information content (AvgIpc) is 3.08. The molecule has 3 aromatic rings. The van der Waals surface area contributed by atoms with Crippen LogP contribution in [0.15, 0.2) is 23.7 Å². The maximum atomic E-state index is 10.6. The molecule has 0 aliphatic carbocycles. The molecule has 108 valence electrons. The fourth-order valence-corrected chi connectivity index (χ4v) is 2.74. The number of fused-ring (bicyclic) bond motifs is 1. The van der Waals surface area contributed by atoms with Crippen molar-refractivity contribution in [3.05, 3.63) is 39.6 Å². The lowest BCUT2D eigenvalue weighted by molar-refractivity contribution is -0.389. The highest BCUT2D eigenvalue weighted by Crippen LogP contribution is 2.25. The van der Waals surface area contributed by atoms with E-state index in [9.17, 15) is 10.1 Å². The van der Waals surface area contributed by atoms with Gasteiger partial charge in [-0.3, -0.25) is 0 Å². The molecular weight excluding hydrogens is 292 g/mol. The highest BCUT2D eigenvalue weighted by molar-refractivity contribution is 7.16. The molecule has 3 rings (SSSR count). The summed E-state index contributed by atoms with van der Waals surface area (Å²) >= 11 is 1.53. The molecule has 0 atom stereocenters.